The minimum absolute atomic E-state index is 0.138. The highest BCUT2D eigenvalue weighted by Crippen LogP contribution is 2.47. The number of hydrogen-bond donors (Lipinski definition) is 1. The van der Waals surface area contributed by atoms with E-state index in [0.717, 1.165) is 30.4 Å². The Balaban J connectivity index is 2.42. The number of carbonyl (C=O) groups excluding carboxylic acids is 1. The van der Waals surface area contributed by atoms with E-state index in [-0.39, 0.29) is 17.3 Å². The molecule has 2 rings (SSSR count). The Bertz CT molecular complexity index is 352. The molecule has 1 saturated carbocycles. The molecule has 15 heavy (non-hydrogen) atoms. The first-order valence-electron chi connectivity index (χ1n) is 5.66. The van der Waals surface area contributed by atoms with E-state index in [0.29, 0.717) is 6.42 Å². The lowest BCUT2D eigenvalue weighted by molar-refractivity contribution is -0.112. The number of fused-ring (bicyclic) bond motifs is 1. The molecule has 1 fully saturated rings. The molecule has 0 aliphatic heterocycles. The fourth-order valence-corrected chi connectivity index (χ4v) is 2.75. The standard InChI is InChI=1S/C13H18O2/c1-3-9-8-13(2)10(7-11(9)14)5-4-6-12(13)15/h3,7,12,15H,4-6,8H2,1-2H3/b9-3+/t12-,13-/m0/s1. The lowest BCUT2D eigenvalue weighted by atomic mass is 9.63. The van der Waals surface area contributed by atoms with Crippen molar-refractivity contribution >= 4 is 5.78 Å². The van der Waals surface area contributed by atoms with Crippen LogP contribution in [-0.4, -0.2) is 17.0 Å². The maximum Gasteiger partial charge on any atom is 0.181 e. The minimum Gasteiger partial charge on any atom is -0.392 e. The highest BCUT2D eigenvalue weighted by Gasteiger charge is 2.43. The van der Waals surface area contributed by atoms with E-state index in [1.54, 1.807) is 6.08 Å². The zero-order chi connectivity index (χ0) is 11.1. The molecule has 0 radical (unpaired) electrons. The first kappa shape index (κ1) is 10.6. The number of rotatable bonds is 0. The smallest absolute Gasteiger partial charge is 0.181 e. The van der Waals surface area contributed by atoms with Crippen LogP contribution in [-0.2, 0) is 4.79 Å². The predicted molar refractivity (Wildman–Crippen MR) is 59.4 cm³/mol. The Morgan fingerprint density at radius 3 is 3.00 bits per heavy atom. The van der Waals surface area contributed by atoms with E-state index in [2.05, 4.69) is 6.92 Å². The molecule has 1 N–H and O–H groups in total. The maximum absolute atomic E-state index is 11.7. The summed E-state index contributed by atoms with van der Waals surface area (Å²) in [6.07, 6.45) is 6.87. The van der Waals surface area contributed by atoms with Gasteiger partial charge >= 0.3 is 0 Å². The van der Waals surface area contributed by atoms with Gasteiger partial charge in [-0.05, 0) is 44.3 Å². The third kappa shape index (κ3) is 1.57. The van der Waals surface area contributed by atoms with Gasteiger partial charge in [-0.15, -0.1) is 0 Å². The molecule has 2 aliphatic rings. The van der Waals surface area contributed by atoms with Crippen molar-refractivity contribution in [1.29, 1.82) is 0 Å². The SMILES string of the molecule is C/C=C1\C[C@@]2(C)C(=CC1=O)CCC[C@@H]2O. The molecule has 0 bridgehead atoms. The predicted octanol–water partition coefficient (Wildman–Crippen LogP) is 2.38. The summed E-state index contributed by atoms with van der Waals surface area (Å²) in [5, 5.41) is 10.1. The second-order valence-corrected chi connectivity index (χ2v) is 4.85. The summed E-state index contributed by atoms with van der Waals surface area (Å²) in [5.74, 6) is 0.138. The topological polar surface area (TPSA) is 37.3 Å². The Morgan fingerprint density at radius 2 is 2.33 bits per heavy atom. The Labute approximate surface area is 90.7 Å². The van der Waals surface area contributed by atoms with Gasteiger partial charge in [0.25, 0.3) is 0 Å². The molecular formula is C13H18O2. The second-order valence-electron chi connectivity index (χ2n) is 4.85. The third-order valence-electron chi connectivity index (χ3n) is 3.92. The zero-order valence-electron chi connectivity index (χ0n) is 9.42. The molecule has 0 aromatic rings. The molecule has 0 aromatic heterocycles. The van der Waals surface area contributed by atoms with Crippen molar-refractivity contribution in [3.05, 3.63) is 23.3 Å². The molecule has 0 aromatic carbocycles. The van der Waals surface area contributed by atoms with Crippen LogP contribution in [0.5, 0.6) is 0 Å². The summed E-state index contributed by atoms with van der Waals surface area (Å²) >= 11 is 0. The number of allylic oxidation sites excluding steroid dienone is 3. The van der Waals surface area contributed by atoms with Crippen LogP contribution in [0.3, 0.4) is 0 Å². The Hall–Kier alpha value is -0.890. The summed E-state index contributed by atoms with van der Waals surface area (Å²) < 4.78 is 0. The zero-order valence-corrected chi connectivity index (χ0v) is 9.42. The van der Waals surface area contributed by atoms with Crippen LogP contribution >= 0.6 is 0 Å². The summed E-state index contributed by atoms with van der Waals surface area (Å²) in [6, 6.07) is 0. The molecule has 2 heteroatoms. The van der Waals surface area contributed by atoms with Crippen molar-refractivity contribution < 1.29 is 9.90 Å². The van der Waals surface area contributed by atoms with E-state index in [4.69, 9.17) is 0 Å². The molecule has 0 heterocycles. The fraction of sp³-hybridized carbons (Fsp3) is 0.615. The molecule has 0 amide bonds. The van der Waals surface area contributed by atoms with E-state index in [1.165, 1.54) is 0 Å². The van der Waals surface area contributed by atoms with E-state index < -0.39 is 0 Å². The van der Waals surface area contributed by atoms with Gasteiger partial charge < -0.3 is 5.11 Å². The van der Waals surface area contributed by atoms with Crippen molar-refractivity contribution in [2.24, 2.45) is 5.41 Å². The van der Waals surface area contributed by atoms with Gasteiger partial charge in [-0.1, -0.05) is 18.6 Å². The number of hydrogen-bond acceptors (Lipinski definition) is 2. The number of aliphatic hydroxyl groups is 1. The van der Waals surface area contributed by atoms with Crippen LogP contribution in [0.25, 0.3) is 0 Å². The van der Waals surface area contributed by atoms with Crippen LogP contribution in [0.15, 0.2) is 23.3 Å². The van der Waals surface area contributed by atoms with Crippen LogP contribution in [0, 0.1) is 5.41 Å². The van der Waals surface area contributed by atoms with Gasteiger partial charge in [0.05, 0.1) is 6.10 Å². The molecule has 2 atom stereocenters. The van der Waals surface area contributed by atoms with Crippen LogP contribution in [0.1, 0.15) is 39.5 Å². The fourth-order valence-electron chi connectivity index (χ4n) is 2.75. The number of ketones is 1. The monoisotopic (exact) mass is 206 g/mol. The quantitative estimate of drug-likeness (QED) is 0.618. The largest absolute Gasteiger partial charge is 0.392 e. The molecule has 0 unspecified atom stereocenters. The average molecular weight is 206 g/mol. The lowest BCUT2D eigenvalue weighted by Gasteiger charge is -2.43. The minimum atomic E-state index is -0.291. The van der Waals surface area contributed by atoms with Gasteiger partial charge in [0.2, 0.25) is 0 Å². The normalized spacial score (nSPS) is 38.9. The first-order chi connectivity index (χ1) is 7.08. The van der Waals surface area contributed by atoms with Gasteiger partial charge in [-0.25, -0.2) is 0 Å². The molecule has 82 valence electrons. The second kappa shape index (κ2) is 3.60. The van der Waals surface area contributed by atoms with Gasteiger partial charge in [-0.3, -0.25) is 4.79 Å². The highest BCUT2D eigenvalue weighted by atomic mass is 16.3. The summed E-state index contributed by atoms with van der Waals surface area (Å²) in [7, 11) is 0. The van der Waals surface area contributed by atoms with E-state index >= 15 is 0 Å². The molecule has 2 aliphatic carbocycles. The molecule has 2 nitrogen and oxygen atoms in total. The van der Waals surface area contributed by atoms with Crippen molar-refractivity contribution in [1.82, 2.24) is 0 Å². The van der Waals surface area contributed by atoms with Gasteiger partial charge in [0.15, 0.2) is 5.78 Å². The Morgan fingerprint density at radius 1 is 1.60 bits per heavy atom. The molecule has 0 spiro atoms. The summed E-state index contributed by atoms with van der Waals surface area (Å²) in [4.78, 5) is 11.7. The van der Waals surface area contributed by atoms with Crippen LogP contribution in [0.2, 0.25) is 0 Å². The van der Waals surface area contributed by atoms with E-state index in [9.17, 15) is 9.90 Å². The van der Waals surface area contributed by atoms with Crippen LogP contribution < -0.4 is 0 Å². The number of carbonyl (C=O) groups is 1. The van der Waals surface area contributed by atoms with Gasteiger partial charge in [0.1, 0.15) is 0 Å². The van der Waals surface area contributed by atoms with Crippen molar-refractivity contribution in [2.45, 2.75) is 45.6 Å². The average Bonchev–Trinajstić information content (AvgIpc) is 2.21. The maximum atomic E-state index is 11.7. The Kier molecular flexibility index (Phi) is 2.55. The first-order valence-corrected chi connectivity index (χ1v) is 5.66. The van der Waals surface area contributed by atoms with Crippen molar-refractivity contribution in [3.63, 3.8) is 0 Å². The van der Waals surface area contributed by atoms with Crippen molar-refractivity contribution in [2.75, 3.05) is 0 Å². The van der Waals surface area contributed by atoms with Crippen molar-refractivity contribution in [3.8, 4) is 0 Å². The summed E-state index contributed by atoms with van der Waals surface area (Å²) in [5.41, 5.74) is 1.81. The van der Waals surface area contributed by atoms with Gasteiger partial charge in [0, 0.05) is 5.41 Å². The third-order valence-corrected chi connectivity index (χ3v) is 3.92. The highest BCUT2D eigenvalue weighted by molar-refractivity contribution is 6.05. The molecular weight excluding hydrogens is 188 g/mol. The molecule has 0 saturated heterocycles. The lowest BCUT2D eigenvalue weighted by Crippen LogP contribution is -2.40. The number of aliphatic hydroxyl groups excluding tert-OH is 1. The van der Waals surface area contributed by atoms with Gasteiger partial charge in [-0.2, -0.15) is 0 Å². The van der Waals surface area contributed by atoms with E-state index in [1.807, 2.05) is 13.0 Å². The summed E-state index contributed by atoms with van der Waals surface area (Å²) in [6.45, 7) is 3.98. The van der Waals surface area contributed by atoms with Crippen LogP contribution in [0.4, 0.5) is 0 Å².